The van der Waals surface area contributed by atoms with Crippen LogP contribution in [0.1, 0.15) is 70.8 Å². The molecule has 2 bridgehead atoms. The van der Waals surface area contributed by atoms with E-state index >= 15 is 0 Å². The number of nitrogens with one attached hydrogen (secondary N) is 2. The molecule has 1 saturated carbocycles. The molecule has 3 saturated heterocycles. The Kier molecular flexibility index (Phi) is 7.04. The summed E-state index contributed by atoms with van der Waals surface area (Å²) in [7, 11) is 0. The smallest absolute Gasteiger partial charge is 0.246 e. The van der Waals surface area contributed by atoms with Gasteiger partial charge in [0.15, 0.2) is 0 Å². The predicted octanol–water partition coefficient (Wildman–Crippen LogP) is 3.77. The van der Waals surface area contributed by atoms with Crippen LogP contribution in [0.3, 0.4) is 0 Å². The van der Waals surface area contributed by atoms with Crippen LogP contribution in [0.5, 0.6) is 0 Å². The first-order valence-electron chi connectivity index (χ1n) is 14.8. The minimum absolute atomic E-state index is 0.0804. The second-order valence-corrected chi connectivity index (χ2v) is 12.5. The quantitative estimate of drug-likeness (QED) is 0.518. The Bertz CT molecular complexity index is 1140. The van der Waals surface area contributed by atoms with Crippen LogP contribution in [-0.2, 0) is 23.9 Å². The Morgan fingerprint density at radius 2 is 1.85 bits per heavy atom. The van der Waals surface area contributed by atoms with Crippen LogP contribution in [0, 0.1) is 17.8 Å². The molecule has 4 heterocycles. The summed E-state index contributed by atoms with van der Waals surface area (Å²) in [6, 6.07) is 7.07. The molecular weight excluding hydrogens is 494 g/mol. The summed E-state index contributed by atoms with van der Waals surface area (Å²) in [6.45, 7) is 7.43. The fourth-order valence-corrected chi connectivity index (χ4v) is 7.44. The lowest BCUT2D eigenvalue weighted by atomic mass is 9.74. The van der Waals surface area contributed by atoms with E-state index in [1.165, 1.54) is 12.0 Å². The number of rotatable bonds is 7. The second kappa shape index (κ2) is 10.4. The van der Waals surface area contributed by atoms with Gasteiger partial charge in [0.05, 0.1) is 24.0 Å². The molecule has 1 aromatic carbocycles. The molecule has 0 unspecified atom stereocenters. The maximum absolute atomic E-state index is 14.1. The molecular formula is C31H41N3O5. The topological polar surface area (TPSA) is 97.0 Å². The van der Waals surface area contributed by atoms with Crippen molar-refractivity contribution in [2.75, 3.05) is 18.5 Å². The molecule has 0 aromatic heterocycles. The number of amides is 3. The van der Waals surface area contributed by atoms with Gasteiger partial charge < -0.3 is 25.0 Å². The highest BCUT2D eigenvalue weighted by molar-refractivity contribution is 6.02. The molecule has 8 nitrogen and oxygen atoms in total. The molecule has 8 heteroatoms. The van der Waals surface area contributed by atoms with Crippen molar-refractivity contribution >= 4 is 23.4 Å². The molecule has 210 valence electrons. The van der Waals surface area contributed by atoms with Crippen LogP contribution in [0.15, 0.2) is 36.4 Å². The molecule has 39 heavy (non-hydrogen) atoms. The number of benzene rings is 1. The molecule has 1 spiro atoms. The molecule has 4 fully saturated rings. The zero-order chi connectivity index (χ0) is 27.3. The summed E-state index contributed by atoms with van der Waals surface area (Å²) in [5, 5.41) is 6.31. The van der Waals surface area contributed by atoms with Gasteiger partial charge >= 0.3 is 0 Å². The van der Waals surface area contributed by atoms with Crippen LogP contribution in [0.4, 0.5) is 5.69 Å². The van der Waals surface area contributed by atoms with Gasteiger partial charge in [-0.05, 0) is 55.2 Å². The lowest BCUT2D eigenvalue weighted by molar-refractivity contribution is -0.143. The van der Waals surface area contributed by atoms with E-state index in [1.807, 2.05) is 36.4 Å². The van der Waals surface area contributed by atoms with Gasteiger partial charge in [0.2, 0.25) is 17.7 Å². The third kappa shape index (κ3) is 4.59. The van der Waals surface area contributed by atoms with Crippen LogP contribution < -0.4 is 10.6 Å². The van der Waals surface area contributed by atoms with Crippen molar-refractivity contribution in [2.24, 2.45) is 17.8 Å². The molecule has 3 amide bonds. The fraction of sp³-hybridized carbons (Fsp3) is 0.645. The van der Waals surface area contributed by atoms with Crippen LogP contribution in [0.2, 0.25) is 0 Å². The molecule has 0 radical (unpaired) electrons. The van der Waals surface area contributed by atoms with Gasteiger partial charge in [0.1, 0.15) is 11.6 Å². The third-order valence-corrected chi connectivity index (χ3v) is 9.63. The highest BCUT2D eigenvalue weighted by atomic mass is 16.5. The van der Waals surface area contributed by atoms with Crippen LogP contribution >= 0.6 is 0 Å². The maximum atomic E-state index is 14.1. The number of fused-ring (bicyclic) bond motifs is 1. The van der Waals surface area contributed by atoms with Gasteiger partial charge in [-0.15, -0.1) is 0 Å². The second-order valence-electron chi connectivity index (χ2n) is 12.5. The molecule has 1 aromatic rings. The highest BCUT2D eigenvalue weighted by Gasteiger charge is 2.73. The van der Waals surface area contributed by atoms with E-state index < -0.39 is 29.6 Å². The zero-order valence-electron chi connectivity index (χ0n) is 23.2. The van der Waals surface area contributed by atoms with Gasteiger partial charge in [-0.25, -0.2) is 0 Å². The molecule has 4 aliphatic heterocycles. The Morgan fingerprint density at radius 1 is 1.08 bits per heavy atom. The normalized spacial score (nSPS) is 37.0. The van der Waals surface area contributed by atoms with Crippen molar-refractivity contribution in [1.29, 1.82) is 0 Å². The van der Waals surface area contributed by atoms with Crippen molar-refractivity contribution in [3.05, 3.63) is 42.0 Å². The van der Waals surface area contributed by atoms with E-state index in [4.69, 9.17) is 9.47 Å². The first-order chi connectivity index (χ1) is 18.8. The molecule has 1 aliphatic carbocycles. The van der Waals surface area contributed by atoms with Crippen molar-refractivity contribution in [2.45, 2.75) is 95.1 Å². The van der Waals surface area contributed by atoms with Gasteiger partial charge in [0, 0.05) is 24.9 Å². The Balaban J connectivity index is 1.27. The van der Waals surface area contributed by atoms with Crippen molar-refractivity contribution in [3.63, 3.8) is 0 Å². The zero-order valence-corrected chi connectivity index (χ0v) is 23.2. The van der Waals surface area contributed by atoms with E-state index in [1.54, 1.807) is 4.90 Å². The molecule has 8 atom stereocenters. The number of carbonyl (C=O) groups excluding carboxylic acids is 3. The summed E-state index contributed by atoms with van der Waals surface area (Å²) < 4.78 is 12.4. The Labute approximate surface area is 230 Å². The van der Waals surface area contributed by atoms with Crippen molar-refractivity contribution in [1.82, 2.24) is 10.2 Å². The summed E-state index contributed by atoms with van der Waals surface area (Å²) in [5.41, 5.74) is 0.730. The van der Waals surface area contributed by atoms with Crippen molar-refractivity contribution in [3.8, 4) is 0 Å². The van der Waals surface area contributed by atoms with Gasteiger partial charge in [-0.2, -0.15) is 0 Å². The SMILES string of the molecule is CC(C)c1ccc(NC(=O)[C@@H]2[C@@H]3C=C[C@]4(O3)[C@@H]2C(=O)N(C[C@@H]2CCCO2)[C@H]4C(=O)N[C@@H]2CCCC[C@@H]2C)cc1. The Hall–Kier alpha value is -2.71. The minimum Gasteiger partial charge on any atom is -0.376 e. The number of likely N-dealkylation sites (tertiary alicyclic amines) is 1. The van der Waals surface area contributed by atoms with Gasteiger partial charge in [-0.1, -0.05) is 57.9 Å². The van der Waals surface area contributed by atoms with E-state index in [2.05, 4.69) is 31.4 Å². The Morgan fingerprint density at radius 3 is 2.54 bits per heavy atom. The van der Waals surface area contributed by atoms with Crippen LogP contribution in [0.25, 0.3) is 0 Å². The summed E-state index contributed by atoms with van der Waals surface area (Å²) in [5.74, 6) is -1.29. The summed E-state index contributed by atoms with van der Waals surface area (Å²) in [4.78, 5) is 43.5. The average molecular weight is 536 g/mol. The van der Waals surface area contributed by atoms with E-state index in [0.29, 0.717) is 30.7 Å². The average Bonchev–Trinajstić information content (AvgIpc) is 3.69. The van der Waals surface area contributed by atoms with E-state index in [0.717, 1.165) is 32.1 Å². The predicted molar refractivity (Wildman–Crippen MR) is 147 cm³/mol. The third-order valence-electron chi connectivity index (χ3n) is 9.63. The monoisotopic (exact) mass is 535 g/mol. The van der Waals surface area contributed by atoms with Gasteiger partial charge in [0.25, 0.3) is 0 Å². The lowest BCUT2D eigenvalue weighted by Crippen LogP contribution is -2.58. The van der Waals surface area contributed by atoms with Crippen LogP contribution in [-0.4, -0.2) is 65.7 Å². The highest BCUT2D eigenvalue weighted by Crippen LogP contribution is 2.55. The fourth-order valence-electron chi connectivity index (χ4n) is 7.44. The number of hydrogen-bond acceptors (Lipinski definition) is 5. The summed E-state index contributed by atoms with van der Waals surface area (Å²) in [6.07, 6.45) is 9.19. The number of carbonyl (C=O) groups is 3. The maximum Gasteiger partial charge on any atom is 0.246 e. The first kappa shape index (κ1) is 26.5. The summed E-state index contributed by atoms with van der Waals surface area (Å²) >= 11 is 0. The molecule has 6 rings (SSSR count). The number of anilines is 1. The van der Waals surface area contributed by atoms with Gasteiger partial charge in [-0.3, -0.25) is 14.4 Å². The largest absolute Gasteiger partial charge is 0.376 e. The number of nitrogens with zero attached hydrogens (tertiary/aromatic N) is 1. The number of hydrogen-bond donors (Lipinski definition) is 2. The minimum atomic E-state index is -1.15. The number of ether oxygens (including phenoxy) is 2. The van der Waals surface area contributed by atoms with E-state index in [-0.39, 0.29) is 29.9 Å². The van der Waals surface area contributed by atoms with Crippen molar-refractivity contribution < 1.29 is 23.9 Å². The first-order valence-corrected chi connectivity index (χ1v) is 14.8. The lowest BCUT2D eigenvalue weighted by Gasteiger charge is -2.36. The molecule has 2 N–H and O–H groups in total. The van der Waals surface area contributed by atoms with E-state index in [9.17, 15) is 14.4 Å². The standard InChI is InChI=1S/C31H41N3O5/c1-18(2)20-10-12-21(13-11-20)32-28(35)25-24-14-15-31(39-24)26(25)30(37)34(17-22-8-6-16-38-22)27(31)29(36)33-23-9-5-4-7-19(23)3/h10-15,18-19,22-27H,4-9,16-17H2,1-3H3,(H,32,35)(H,33,36)/t19-,22-,23+,24-,25+,26-,27-,31-/m0/s1. The molecule has 5 aliphatic rings.